The van der Waals surface area contributed by atoms with Crippen LogP contribution in [-0.2, 0) is 24.3 Å². The molecule has 168 valence electrons. The lowest BCUT2D eigenvalue weighted by Crippen LogP contribution is -2.30. The summed E-state index contributed by atoms with van der Waals surface area (Å²) in [5, 5.41) is 9.36. The van der Waals surface area contributed by atoms with Gasteiger partial charge in [0.1, 0.15) is 12.4 Å². The van der Waals surface area contributed by atoms with Crippen molar-refractivity contribution in [1.29, 1.82) is 0 Å². The van der Waals surface area contributed by atoms with Gasteiger partial charge in [-0.3, -0.25) is 9.59 Å². The van der Waals surface area contributed by atoms with Crippen molar-refractivity contribution in [2.45, 2.75) is 39.8 Å². The Morgan fingerprint density at radius 2 is 1.73 bits per heavy atom. The molecule has 6 nitrogen and oxygen atoms in total. The minimum atomic E-state index is -0.906. The Hall–Kier alpha value is -3.93. The molecular formula is C27H27N3O3. The van der Waals surface area contributed by atoms with Crippen LogP contribution in [0.3, 0.4) is 0 Å². The number of aromatic nitrogens is 2. The number of aryl methyl sites for hydroxylation is 2. The van der Waals surface area contributed by atoms with E-state index in [9.17, 15) is 14.7 Å². The molecule has 1 heterocycles. The zero-order valence-electron chi connectivity index (χ0n) is 18.9. The Labute approximate surface area is 193 Å². The van der Waals surface area contributed by atoms with Gasteiger partial charge in [-0.05, 0) is 49.2 Å². The average molecular weight is 442 g/mol. The number of carbonyl (C=O) groups excluding carboxylic acids is 1. The highest BCUT2D eigenvalue weighted by molar-refractivity contribution is 6.06. The normalized spacial score (nSPS) is 11.0. The summed E-state index contributed by atoms with van der Waals surface area (Å²) in [6, 6.07) is 23.0. The van der Waals surface area contributed by atoms with Gasteiger partial charge in [0.15, 0.2) is 0 Å². The van der Waals surface area contributed by atoms with E-state index >= 15 is 0 Å². The van der Waals surface area contributed by atoms with Gasteiger partial charge in [0, 0.05) is 17.7 Å². The fourth-order valence-corrected chi connectivity index (χ4v) is 3.96. The second kappa shape index (κ2) is 9.69. The predicted octanol–water partition coefficient (Wildman–Crippen LogP) is 5.23. The van der Waals surface area contributed by atoms with Crippen LogP contribution in [0.1, 0.15) is 40.7 Å². The highest BCUT2D eigenvalue weighted by atomic mass is 16.4. The van der Waals surface area contributed by atoms with Gasteiger partial charge in [-0.1, -0.05) is 55.0 Å². The molecule has 1 aromatic heterocycles. The van der Waals surface area contributed by atoms with E-state index in [-0.39, 0.29) is 12.5 Å². The van der Waals surface area contributed by atoms with E-state index in [0.29, 0.717) is 24.0 Å². The summed E-state index contributed by atoms with van der Waals surface area (Å²) in [6.45, 7) is 4.31. The molecule has 1 N–H and O–H groups in total. The summed E-state index contributed by atoms with van der Waals surface area (Å²) in [5.41, 5.74) is 4.88. The van der Waals surface area contributed by atoms with Crippen molar-refractivity contribution in [2.75, 3.05) is 4.90 Å². The number of hydrogen-bond donors (Lipinski definition) is 1. The molecule has 4 rings (SSSR count). The molecule has 3 aromatic carbocycles. The molecule has 0 radical (unpaired) electrons. The van der Waals surface area contributed by atoms with Crippen LogP contribution < -0.4 is 4.90 Å². The van der Waals surface area contributed by atoms with E-state index in [1.54, 1.807) is 9.47 Å². The van der Waals surface area contributed by atoms with Crippen LogP contribution in [0.2, 0.25) is 0 Å². The summed E-state index contributed by atoms with van der Waals surface area (Å²) in [6.07, 6.45) is 1.55. The second-order valence-electron chi connectivity index (χ2n) is 8.17. The molecule has 33 heavy (non-hydrogen) atoms. The van der Waals surface area contributed by atoms with Crippen LogP contribution in [0.4, 0.5) is 5.69 Å². The maximum Gasteiger partial charge on any atom is 0.323 e. The van der Waals surface area contributed by atoms with Crippen molar-refractivity contribution >= 4 is 28.6 Å². The lowest BCUT2D eigenvalue weighted by atomic mass is 10.1. The van der Waals surface area contributed by atoms with Crippen LogP contribution in [0, 0.1) is 6.92 Å². The molecule has 0 aliphatic carbocycles. The molecule has 0 bridgehead atoms. The van der Waals surface area contributed by atoms with Crippen LogP contribution in [-0.4, -0.2) is 26.5 Å². The average Bonchev–Trinajstić information content (AvgIpc) is 3.14. The van der Waals surface area contributed by atoms with E-state index in [2.05, 4.69) is 0 Å². The number of amides is 1. The third-order valence-electron chi connectivity index (χ3n) is 5.62. The lowest BCUT2D eigenvalue weighted by molar-refractivity contribution is -0.137. The molecule has 4 aromatic rings. The van der Waals surface area contributed by atoms with Gasteiger partial charge in [-0.15, -0.1) is 0 Å². The third-order valence-corrected chi connectivity index (χ3v) is 5.62. The topological polar surface area (TPSA) is 75.4 Å². The predicted molar refractivity (Wildman–Crippen MR) is 129 cm³/mol. The number of benzene rings is 3. The lowest BCUT2D eigenvalue weighted by Gasteiger charge is -2.23. The van der Waals surface area contributed by atoms with Gasteiger partial charge in [0.2, 0.25) is 0 Å². The SMILES string of the molecule is CCCc1nc2cc(N(Cc3ccccc3)C(=O)c3ccc(C)cc3)ccc2n1CC(=O)O. The van der Waals surface area contributed by atoms with Gasteiger partial charge in [-0.25, -0.2) is 4.98 Å². The first-order valence-electron chi connectivity index (χ1n) is 11.1. The van der Waals surface area contributed by atoms with Crippen LogP contribution in [0.15, 0.2) is 72.8 Å². The van der Waals surface area contributed by atoms with Crippen molar-refractivity contribution in [3.05, 3.63) is 95.3 Å². The zero-order chi connectivity index (χ0) is 23.4. The van der Waals surface area contributed by atoms with E-state index in [4.69, 9.17) is 4.98 Å². The highest BCUT2D eigenvalue weighted by Gasteiger charge is 2.20. The van der Waals surface area contributed by atoms with Crippen molar-refractivity contribution in [3.8, 4) is 0 Å². The van der Waals surface area contributed by atoms with Gasteiger partial charge < -0.3 is 14.6 Å². The Bertz CT molecular complexity index is 1280. The van der Waals surface area contributed by atoms with Crippen molar-refractivity contribution in [2.24, 2.45) is 0 Å². The maximum atomic E-state index is 13.5. The van der Waals surface area contributed by atoms with Gasteiger partial charge in [-0.2, -0.15) is 0 Å². The second-order valence-corrected chi connectivity index (χ2v) is 8.17. The monoisotopic (exact) mass is 441 g/mol. The van der Waals surface area contributed by atoms with Crippen molar-refractivity contribution in [3.63, 3.8) is 0 Å². The minimum absolute atomic E-state index is 0.100. The number of carbonyl (C=O) groups is 2. The number of rotatable bonds is 8. The number of carboxylic acids is 1. The quantitative estimate of drug-likeness (QED) is 0.406. The Morgan fingerprint density at radius 1 is 1.00 bits per heavy atom. The third kappa shape index (κ3) is 4.95. The molecule has 0 aliphatic rings. The molecule has 6 heteroatoms. The van der Waals surface area contributed by atoms with Crippen LogP contribution >= 0.6 is 0 Å². The minimum Gasteiger partial charge on any atom is -0.480 e. The molecule has 0 atom stereocenters. The number of anilines is 1. The maximum absolute atomic E-state index is 13.5. The van der Waals surface area contributed by atoms with Crippen molar-refractivity contribution in [1.82, 2.24) is 9.55 Å². The summed E-state index contributed by atoms with van der Waals surface area (Å²) in [4.78, 5) is 31.4. The summed E-state index contributed by atoms with van der Waals surface area (Å²) in [5.74, 6) is -0.264. The van der Waals surface area contributed by atoms with Gasteiger partial charge >= 0.3 is 5.97 Å². The summed E-state index contributed by atoms with van der Waals surface area (Å²) in [7, 11) is 0. The standard InChI is InChI=1S/C27H27N3O3/c1-3-7-25-28-23-16-22(14-15-24(23)30(25)18-26(31)32)29(17-20-8-5-4-6-9-20)27(33)21-12-10-19(2)11-13-21/h4-6,8-16H,3,7,17-18H2,1-2H3,(H,31,32). The van der Waals surface area contributed by atoms with E-state index in [1.807, 2.05) is 86.6 Å². The Kier molecular flexibility index (Phi) is 6.54. The fourth-order valence-electron chi connectivity index (χ4n) is 3.96. The smallest absolute Gasteiger partial charge is 0.323 e. The van der Waals surface area contributed by atoms with E-state index in [1.165, 1.54) is 0 Å². The Balaban J connectivity index is 1.78. The number of aliphatic carboxylic acids is 1. The number of fused-ring (bicyclic) bond motifs is 1. The summed E-state index contributed by atoms with van der Waals surface area (Å²) >= 11 is 0. The molecule has 0 aliphatic heterocycles. The Morgan fingerprint density at radius 3 is 2.39 bits per heavy atom. The first kappa shape index (κ1) is 22.3. The van der Waals surface area contributed by atoms with E-state index < -0.39 is 5.97 Å². The molecule has 0 saturated carbocycles. The van der Waals surface area contributed by atoms with Gasteiger partial charge in [0.25, 0.3) is 5.91 Å². The van der Waals surface area contributed by atoms with Gasteiger partial charge in [0.05, 0.1) is 17.6 Å². The fraction of sp³-hybridized carbons (Fsp3) is 0.222. The first-order valence-corrected chi connectivity index (χ1v) is 11.1. The summed E-state index contributed by atoms with van der Waals surface area (Å²) < 4.78 is 1.74. The van der Waals surface area contributed by atoms with Crippen molar-refractivity contribution < 1.29 is 14.7 Å². The largest absolute Gasteiger partial charge is 0.480 e. The number of hydrogen-bond acceptors (Lipinski definition) is 3. The molecule has 0 spiro atoms. The molecule has 0 fully saturated rings. The molecule has 1 amide bonds. The van der Waals surface area contributed by atoms with E-state index in [0.717, 1.165) is 34.6 Å². The molecule has 0 unspecified atom stereocenters. The van der Waals surface area contributed by atoms with Crippen LogP contribution in [0.5, 0.6) is 0 Å². The number of carboxylic acid groups (broad SMARTS) is 1. The number of imidazole rings is 1. The number of nitrogens with zero attached hydrogens (tertiary/aromatic N) is 3. The zero-order valence-corrected chi connectivity index (χ0v) is 18.9. The van der Waals surface area contributed by atoms with Crippen LogP contribution in [0.25, 0.3) is 11.0 Å². The highest BCUT2D eigenvalue weighted by Crippen LogP contribution is 2.27. The molecule has 0 saturated heterocycles. The molecular weight excluding hydrogens is 414 g/mol. The first-order chi connectivity index (χ1) is 16.0.